The number of amides is 1. The average molecular weight is 495 g/mol. The number of piperazine rings is 1. The van der Waals surface area contributed by atoms with Crippen molar-refractivity contribution in [1.29, 1.82) is 0 Å². The topological polar surface area (TPSA) is 107 Å². The van der Waals surface area contributed by atoms with E-state index >= 15 is 0 Å². The third-order valence-corrected chi connectivity index (χ3v) is 7.12. The van der Waals surface area contributed by atoms with Crippen molar-refractivity contribution in [3.63, 3.8) is 0 Å². The number of hydrogen-bond acceptors (Lipinski definition) is 8. The number of para-hydroxylation sites is 1. The molecule has 1 aliphatic heterocycles. The van der Waals surface area contributed by atoms with Gasteiger partial charge in [0.2, 0.25) is 11.9 Å². The van der Waals surface area contributed by atoms with Gasteiger partial charge in [-0.05, 0) is 43.7 Å². The van der Waals surface area contributed by atoms with Gasteiger partial charge in [0.15, 0.2) is 0 Å². The van der Waals surface area contributed by atoms with E-state index < -0.39 is 6.10 Å². The highest BCUT2D eigenvalue weighted by molar-refractivity contribution is 7.18. The molecule has 2 aromatic carbocycles. The van der Waals surface area contributed by atoms with Gasteiger partial charge in [-0.25, -0.2) is 9.97 Å². The molecular formula is C25H30N6O3S. The van der Waals surface area contributed by atoms with Crippen molar-refractivity contribution in [2.75, 3.05) is 51.2 Å². The number of nitrogens with zero attached hydrogens (tertiary/aromatic N) is 4. The summed E-state index contributed by atoms with van der Waals surface area (Å²) in [6.07, 6.45) is -0.583. The number of carbonyl (C=O) groups excluding carboxylic acids is 1. The zero-order valence-electron chi connectivity index (χ0n) is 20.0. The van der Waals surface area contributed by atoms with Gasteiger partial charge in [-0.1, -0.05) is 12.1 Å². The van der Waals surface area contributed by atoms with Crippen LogP contribution in [0.25, 0.3) is 21.3 Å². The fourth-order valence-electron chi connectivity index (χ4n) is 4.39. The molecule has 0 saturated carbocycles. The summed E-state index contributed by atoms with van der Waals surface area (Å²) in [4.78, 5) is 28.9. The molecule has 5 rings (SSSR count). The lowest BCUT2D eigenvalue weighted by molar-refractivity contribution is -0.117. The number of hydrogen-bond donors (Lipinski definition) is 3. The van der Waals surface area contributed by atoms with Gasteiger partial charge in [-0.2, -0.15) is 0 Å². The smallest absolute Gasteiger partial charge is 0.240 e. The monoisotopic (exact) mass is 494 g/mol. The van der Waals surface area contributed by atoms with Crippen molar-refractivity contribution in [2.24, 2.45) is 0 Å². The summed E-state index contributed by atoms with van der Waals surface area (Å²) in [5.41, 5.74) is 3.83. The number of H-pyrrole nitrogens is 1. The largest absolute Gasteiger partial charge is 0.491 e. The molecule has 0 spiro atoms. The number of carbonyl (C=O) groups is 1. The molecule has 1 fully saturated rings. The van der Waals surface area contributed by atoms with E-state index in [2.05, 4.69) is 30.1 Å². The number of ether oxygens (including phenoxy) is 1. The van der Waals surface area contributed by atoms with Crippen molar-refractivity contribution in [1.82, 2.24) is 24.8 Å². The molecule has 1 atom stereocenters. The van der Waals surface area contributed by atoms with Gasteiger partial charge >= 0.3 is 0 Å². The Morgan fingerprint density at radius 3 is 2.77 bits per heavy atom. The molecule has 4 aromatic rings. The molecule has 0 aliphatic carbocycles. The lowest BCUT2D eigenvalue weighted by atomic mass is 10.2. The summed E-state index contributed by atoms with van der Waals surface area (Å²) in [5, 5.41) is 14.4. The number of aliphatic hydroxyl groups excluding tert-OH is 1. The third kappa shape index (κ3) is 5.79. The van der Waals surface area contributed by atoms with E-state index in [4.69, 9.17) is 4.74 Å². The summed E-state index contributed by atoms with van der Waals surface area (Å²) in [7, 11) is 0. The number of imidazole rings is 1. The van der Waals surface area contributed by atoms with E-state index in [1.54, 1.807) is 11.3 Å². The molecule has 9 nitrogen and oxygen atoms in total. The lowest BCUT2D eigenvalue weighted by Gasteiger charge is -2.35. The predicted molar refractivity (Wildman–Crippen MR) is 138 cm³/mol. The number of aliphatic hydroxyl groups is 1. The molecule has 35 heavy (non-hydrogen) atoms. The highest BCUT2D eigenvalue weighted by Gasteiger charge is 2.21. The molecule has 0 unspecified atom stereocenters. The molecular weight excluding hydrogens is 464 g/mol. The van der Waals surface area contributed by atoms with Crippen LogP contribution in [0.1, 0.15) is 10.6 Å². The number of rotatable bonds is 8. The Kier molecular flexibility index (Phi) is 6.96. The van der Waals surface area contributed by atoms with Gasteiger partial charge < -0.3 is 14.8 Å². The minimum atomic E-state index is -0.583. The fraction of sp³-hybridized carbons (Fsp3) is 0.400. The van der Waals surface area contributed by atoms with E-state index in [-0.39, 0.29) is 12.5 Å². The van der Waals surface area contributed by atoms with Crippen molar-refractivity contribution in [2.45, 2.75) is 20.0 Å². The molecule has 184 valence electrons. The van der Waals surface area contributed by atoms with Crippen LogP contribution in [0.4, 0.5) is 5.95 Å². The third-order valence-electron chi connectivity index (χ3n) is 6.18. The molecule has 0 bridgehead atoms. The van der Waals surface area contributed by atoms with E-state index in [9.17, 15) is 9.90 Å². The molecule has 0 radical (unpaired) electrons. The summed E-state index contributed by atoms with van der Waals surface area (Å²) in [6.45, 7) is 8.20. The molecule has 3 N–H and O–H groups in total. The Bertz CT molecular complexity index is 1330. The SMILES string of the molecule is Cc1nc2ccc(OC[C@H](O)CN3CCN(CC(=O)Nc4nc5c(C)cccc5[nH]4)CC3)cc2s1. The number of aryl methyl sites for hydroxylation is 2. The molecule has 1 amide bonds. The van der Waals surface area contributed by atoms with E-state index in [0.717, 1.165) is 63.7 Å². The van der Waals surface area contributed by atoms with Crippen molar-refractivity contribution in [3.8, 4) is 5.75 Å². The Labute approximate surface area is 207 Å². The minimum Gasteiger partial charge on any atom is -0.491 e. The maximum atomic E-state index is 12.5. The molecule has 3 heterocycles. The highest BCUT2D eigenvalue weighted by atomic mass is 32.1. The Morgan fingerprint density at radius 1 is 1.17 bits per heavy atom. The zero-order chi connectivity index (χ0) is 24.4. The van der Waals surface area contributed by atoms with E-state index in [1.165, 1.54) is 0 Å². The second kappa shape index (κ2) is 10.3. The van der Waals surface area contributed by atoms with Crippen molar-refractivity contribution in [3.05, 3.63) is 47.0 Å². The predicted octanol–water partition coefficient (Wildman–Crippen LogP) is 2.79. The first kappa shape index (κ1) is 23.7. The van der Waals surface area contributed by atoms with Crippen LogP contribution in [0.15, 0.2) is 36.4 Å². The van der Waals surface area contributed by atoms with Crippen LogP contribution in [0.5, 0.6) is 5.75 Å². The minimum absolute atomic E-state index is 0.0864. The van der Waals surface area contributed by atoms with Crippen LogP contribution in [-0.4, -0.2) is 87.7 Å². The molecule has 1 saturated heterocycles. The van der Waals surface area contributed by atoms with E-state index in [1.807, 2.05) is 50.2 Å². The number of thiazole rings is 1. The highest BCUT2D eigenvalue weighted by Crippen LogP contribution is 2.26. The standard InChI is InChI=1S/C25H30N6O3S/c1-16-4-3-5-21-24(16)29-25(27-21)28-23(33)14-31-10-8-30(9-11-31)13-18(32)15-34-19-6-7-20-22(12-19)35-17(2)26-20/h3-7,12,18,32H,8-11,13-15H2,1-2H3,(H2,27,28,29,33)/t18-/m1/s1. The maximum absolute atomic E-state index is 12.5. The van der Waals surface area contributed by atoms with Gasteiger partial charge in [-0.15, -0.1) is 11.3 Å². The number of β-amino-alcohol motifs (C(OH)–C–C–N with tert-alkyl or cyclic N) is 1. The number of aromatic nitrogens is 3. The van der Waals surface area contributed by atoms with Gasteiger partial charge in [0, 0.05) is 32.7 Å². The summed E-state index contributed by atoms with van der Waals surface area (Å²) in [5.74, 6) is 1.14. The van der Waals surface area contributed by atoms with Gasteiger partial charge in [0.05, 0.1) is 32.8 Å². The van der Waals surface area contributed by atoms with Crippen molar-refractivity contribution < 1.29 is 14.6 Å². The summed E-state index contributed by atoms with van der Waals surface area (Å²) >= 11 is 1.63. The van der Waals surface area contributed by atoms with Crippen molar-refractivity contribution >= 4 is 44.4 Å². The van der Waals surface area contributed by atoms with Crippen LogP contribution in [0, 0.1) is 13.8 Å². The quantitative estimate of drug-likeness (QED) is 0.346. The molecule has 2 aromatic heterocycles. The van der Waals surface area contributed by atoms with Crippen LogP contribution in [0.2, 0.25) is 0 Å². The number of fused-ring (bicyclic) bond motifs is 2. The first-order chi connectivity index (χ1) is 16.9. The van der Waals surface area contributed by atoms with Crippen LogP contribution >= 0.6 is 11.3 Å². The second-order valence-corrected chi connectivity index (χ2v) is 10.2. The van der Waals surface area contributed by atoms with Crippen LogP contribution in [-0.2, 0) is 4.79 Å². The zero-order valence-corrected chi connectivity index (χ0v) is 20.8. The number of aromatic amines is 1. The number of anilines is 1. The Balaban J connectivity index is 1.04. The van der Waals surface area contributed by atoms with Crippen LogP contribution < -0.4 is 10.1 Å². The molecule has 10 heteroatoms. The number of benzene rings is 2. The maximum Gasteiger partial charge on any atom is 0.240 e. The van der Waals surface area contributed by atoms with E-state index in [0.29, 0.717) is 19.0 Å². The van der Waals surface area contributed by atoms with Gasteiger partial charge in [-0.3, -0.25) is 19.9 Å². The second-order valence-electron chi connectivity index (χ2n) is 9.01. The Morgan fingerprint density at radius 2 is 1.97 bits per heavy atom. The molecule has 1 aliphatic rings. The Hall–Kier alpha value is -3.05. The van der Waals surface area contributed by atoms with Gasteiger partial charge in [0.25, 0.3) is 0 Å². The fourth-order valence-corrected chi connectivity index (χ4v) is 5.25. The average Bonchev–Trinajstić information content (AvgIpc) is 3.41. The normalized spacial score (nSPS) is 16.1. The number of nitrogens with one attached hydrogen (secondary N) is 2. The first-order valence-corrected chi connectivity index (χ1v) is 12.6. The van der Waals surface area contributed by atoms with Gasteiger partial charge in [0.1, 0.15) is 18.5 Å². The lowest BCUT2D eigenvalue weighted by Crippen LogP contribution is -2.50. The summed E-state index contributed by atoms with van der Waals surface area (Å²) < 4.78 is 6.90. The summed E-state index contributed by atoms with van der Waals surface area (Å²) in [6, 6.07) is 11.7. The first-order valence-electron chi connectivity index (χ1n) is 11.8. The van der Waals surface area contributed by atoms with Crippen LogP contribution in [0.3, 0.4) is 0 Å².